The van der Waals surface area contributed by atoms with Crippen molar-refractivity contribution in [3.05, 3.63) is 58.5 Å². The number of ether oxygens (including phenoxy) is 1. The lowest BCUT2D eigenvalue weighted by Gasteiger charge is -2.06. The summed E-state index contributed by atoms with van der Waals surface area (Å²) in [5.74, 6) is 0.729. The zero-order valence-electron chi connectivity index (χ0n) is 10.4. The molecule has 0 aliphatic carbocycles. The van der Waals surface area contributed by atoms with E-state index in [1.807, 2.05) is 6.07 Å². The van der Waals surface area contributed by atoms with Gasteiger partial charge in [-0.3, -0.25) is 0 Å². The van der Waals surface area contributed by atoms with Gasteiger partial charge in [0.25, 0.3) is 0 Å². The fourth-order valence-corrected chi connectivity index (χ4v) is 1.97. The topological polar surface area (TPSA) is 35.5 Å². The van der Waals surface area contributed by atoms with Crippen molar-refractivity contribution in [1.82, 2.24) is 0 Å². The normalized spacial score (nSPS) is 10.8. The number of aryl methyl sites for hydroxylation is 1. The first-order valence-corrected chi connectivity index (χ1v) is 6.33. The monoisotopic (exact) mass is 272 g/mol. The van der Waals surface area contributed by atoms with Crippen LogP contribution in [0, 0.1) is 11.8 Å². The van der Waals surface area contributed by atoms with Crippen LogP contribution in [0.5, 0.6) is 5.75 Å². The lowest BCUT2D eigenvalue weighted by atomic mass is 10.2. The molecule has 96 valence electrons. The Labute approximate surface area is 115 Å². The maximum atomic E-state index is 5.71. The quantitative estimate of drug-likeness (QED) is 0.650. The average molecular weight is 272 g/mol. The molecule has 0 radical (unpaired) electrons. The highest BCUT2D eigenvalue weighted by Crippen LogP contribution is 2.23. The molecule has 0 aliphatic rings. The average Bonchev–Trinajstić information content (AvgIpc) is 2.77. The molecule has 2 aromatic carbocycles. The molecule has 1 aromatic heterocycles. The molecule has 3 rings (SSSR count). The van der Waals surface area contributed by atoms with Gasteiger partial charge in [0.05, 0.1) is 0 Å². The van der Waals surface area contributed by atoms with Crippen LogP contribution in [-0.2, 0) is 6.61 Å². The van der Waals surface area contributed by atoms with Crippen molar-refractivity contribution in [2.24, 2.45) is 0 Å². The van der Waals surface area contributed by atoms with Crippen molar-refractivity contribution in [3.8, 4) is 5.75 Å². The smallest absolute Gasteiger partial charge is 0.363 e. The van der Waals surface area contributed by atoms with Gasteiger partial charge in [0.2, 0.25) is 0 Å². The molecule has 0 saturated carbocycles. The van der Waals surface area contributed by atoms with Crippen molar-refractivity contribution in [2.75, 3.05) is 0 Å². The second-order valence-corrected chi connectivity index (χ2v) is 4.67. The molecule has 0 aliphatic heterocycles. The number of hydrogen-bond donors (Lipinski definition) is 0. The first kappa shape index (κ1) is 12.0. The molecule has 0 bridgehead atoms. The van der Waals surface area contributed by atoms with Crippen molar-refractivity contribution in [3.63, 3.8) is 0 Å². The standard InChI is InChI=1S/C15H12O3S/c1-10-2-4-11(5-3-10)9-16-12-6-7-13-14(8-12)18-15(19)17-13/h2-8H,9H2,1H3. The van der Waals surface area contributed by atoms with Crippen LogP contribution in [0.25, 0.3) is 11.2 Å². The van der Waals surface area contributed by atoms with Gasteiger partial charge in [-0.15, -0.1) is 0 Å². The highest BCUT2D eigenvalue weighted by Gasteiger charge is 2.04. The predicted octanol–water partition coefficient (Wildman–Crippen LogP) is 4.64. The van der Waals surface area contributed by atoms with E-state index < -0.39 is 0 Å². The molecule has 0 saturated heterocycles. The first-order chi connectivity index (χ1) is 9.20. The summed E-state index contributed by atoms with van der Waals surface area (Å²) in [6.45, 7) is 2.58. The molecular weight excluding hydrogens is 260 g/mol. The van der Waals surface area contributed by atoms with Crippen LogP contribution in [0.15, 0.2) is 51.3 Å². The summed E-state index contributed by atoms with van der Waals surface area (Å²) in [5.41, 5.74) is 3.60. The molecule has 0 N–H and O–H groups in total. The van der Waals surface area contributed by atoms with Crippen LogP contribution < -0.4 is 4.74 Å². The maximum Gasteiger partial charge on any atom is 0.363 e. The van der Waals surface area contributed by atoms with E-state index in [0.29, 0.717) is 17.8 Å². The van der Waals surface area contributed by atoms with Crippen LogP contribution in [0.2, 0.25) is 0 Å². The number of hydrogen-bond acceptors (Lipinski definition) is 4. The zero-order chi connectivity index (χ0) is 13.2. The summed E-state index contributed by atoms with van der Waals surface area (Å²) in [4.78, 5) is 0.130. The Kier molecular flexibility index (Phi) is 3.09. The molecule has 0 unspecified atom stereocenters. The molecule has 0 fully saturated rings. The van der Waals surface area contributed by atoms with E-state index in [1.54, 1.807) is 12.1 Å². The van der Waals surface area contributed by atoms with Crippen LogP contribution in [-0.4, -0.2) is 0 Å². The van der Waals surface area contributed by atoms with E-state index in [-0.39, 0.29) is 4.90 Å². The van der Waals surface area contributed by atoms with Crippen LogP contribution in [0.4, 0.5) is 0 Å². The molecule has 1 heterocycles. The van der Waals surface area contributed by atoms with Gasteiger partial charge in [-0.1, -0.05) is 29.8 Å². The van der Waals surface area contributed by atoms with Crippen molar-refractivity contribution in [1.29, 1.82) is 0 Å². The second kappa shape index (κ2) is 4.90. The van der Waals surface area contributed by atoms with Gasteiger partial charge in [-0.2, -0.15) is 0 Å². The van der Waals surface area contributed by atoms with E-state index in [4.69, 9.17) is 25.8 Å². The largest absolute Gasteiger partial charge is 0.489 e. The Morgan fingerprint density at radius 3 is 2.53 bits per heavy atom. The van der Waals surface area contributed by atoms with E-state index in [9.17, 15) is 0 Å². The van der Waals surface area contributed by atoms with E-state index in [2.05, 4.69) is 31.2 Å². The van der Waals surface area contributed by atoms with Crippen molar-refractivity contribution < 1.29 is 13.6 Å². The minimum absolute atomic E-state index is 0.130. The Bertz CT molecular complexity index is 753. The Morgan fingerprint density at radius 2 is 1.74 bits per heavy atom. The third kappa shape index (κ3) is 2.69. The number of fused-ring (bicyclic) bond motifs is 1. The molecule has 0 amide bonds. The Morgan fingerprint density at radius 1 is 1.00 bits per heavy atom. The van der Waals surface area contributed by atoms with Crippen LogP contribution in [0.3, 0.4) is 0 Å². The number of rotatable bonds is 3. The van der Waals surface area contributed by atoms with E-state index >= 15 is 0 Å². The van der Waals surface area contributed by atoms with Gasteiger partial charge in [0.1, 0.15) is 12.4 Å². The minimum atomic E-state index is 0.130. The van der Waals surface area contributed by atoms with Gasteiger partial charge in [0.15, 0.2) is 11.2 Å². The summed E-state index contributed by atoms with van der Waals surface area (Å²) >= 11 is 4.84. The highest BCUT2D eigenvalue weighted by molar-refractivity contribution is 7.71. The van der Waals surface area contributed by atoms with Gasteiger partial charge in [0, 0.05) is 18.3 Å². The first-order valence-electron chi connectivity index (χ1n) is 5.93. The second-order valence-electron chi connectivity index (χ2n) is 4.34. The van der Waals surface area contributed by atoms with Gasteiger partial charge >= 0.3 is 4.90 Å². The SMILES string of the molecule is Cc1ccc(COc2ccc3oc(=S)oc3c2)cc1. The predicted molar refractivity (Wildman–Crippen MR) is 74.8 cm³/mol. The maximum absolute atomic E-state index is 5.71. The Hall–Kier alpha value is -2.07. The fourth-order valence-electron chi connectivity index (χ4n) is 1.79. The van der Waals surface area contributed by atoms with Crippen molar-refractivity contribution >= 4 is 23.4 Å². The minimum Gasteiger partial charge on any atom is -0.489 e. The van der Waals surface area contributed by atoms with Crippen LogP contribution in [0.1, 0.15) is 11.1 Å². The zero-order valence-corrected chi connectivity index (χ0v) is 11.2. The summed E-state index contributed by atoms with van der Waals surface area (Å²) in [7, 11) is 0. The van der Waals surface area contributed by atoms with E-state index in [1.165, 1.54) is 5.56 Å². The third-order valence-electron chi connectivity index (χ3n) is 2.83. The third-order valence-corrected chi connectivity index (χ3v) is 2.99. The molecule has 3 nitrogen and oxygen atoms in total. The lowest BCUT2D eigenvalue weighted by molar-refractivity contribution is 0.306. The fraction of sp³-hybridized carbons (Fsp3) is 0.133. The van der Waals surface area contributed by atoms with Crippen molar-refractivity contribution in [2.45, 2.75) is 13.5 Å². The molecule has 19 heavy (non-hydrogen) atoms. The molecule has 0 spiro atoms. The van der Waals surface area contributed by atoms with E-state index in [0.717, 1.165) is 11.3 Å². The van der Waals surface area contributed by atoms with Gasteiger partial charge in [-0.25, -0.2) is 0 Å². The van der Waals surface area contributed by atoms with Gasteiger partial charge < -0.3 is 13.6 Å². The molecule has 3 aromatic rings. The highest BCUT2D eigenvalue weighted by atomic mass is 32.1. The molecule has 4 heteroatoms. The molecular formula is C15H12O3S. The lowest BCUT2D eigenvalue weighted by Crippen LogP contribution is -1.94. The number of benzene rings is 2. The summed E-state index contributed by atoms with van der Waals surface area (Å²) in [6.07, 6.45) is 0. The molecule has 0 atom stereocenters. The summed E-state index contributed by atoms with van der Waals surface area (Å²) in [5, 5.41) is 0. The van der Waals surface area contributed by atoms with Crippen LogP contribution >= 0.6 is 12.2 Å². The summed E-state index contributed by atoms with van der Waals surface area (Å²) < 4.78 is 16.1. The summed E-state index contributed by atoms with van der Waals surface area (Å²) in [6, 6.07) is 13.6. The van der Waals surface area contributed by atoms with Gasteiger partial charge in [-0.05, 0) is 24.6 Å². The Balaban J connectivity index is 1.77.